The number of hydrogen-bond acceptors (Lipinski definition) is 2. The van der Waals surface area contributed by atoms with E-state index in [1.54, 1.807) is 6.07 Å². The van der Waals surface area contributed by atoms with E-state index in [9.17, 15) is 5.11 Å². The van der Waals surface area contributed by atoms with Gasteiger partial charge in [-0.15, -0.1) is 0 Å². The third-order valence-corrected chi connectivity index (χ3v) is 4.11. The molecular formula is C20H22Cl2O2. The van der Waals surface area contributed by atoms with Crippen LogP contribution in [0.5, 0.6) is 5.75 Å². The highest BCUT2D eigenvalue weighted by Gasteiger charge is 2.05. The summed E-state index contributed by atoms with van der Waals surface area (Å²) in [4.78, 5) is 0. The van der Waals surface area contributed by atoms with Gasteiger partial charge < -0.3 is 9.84 Å². The van der Waals surface area contributed by atoms with Crippen molar-refractivity contribution in [2.45, 2.75) is 32.8 Å². The molecule has 2 nitrogen and oxygen atoms in total. The second-order valence-electron chi connectivity index (χ2n) is 5.61. The number of allylic oxidation sites excluding steroid dienone is 1. The fraction of sp³-hybridized carbons (Fsp3) is 0.300. The van der Waals surface area contributed by atoms with Crippen LogP contribution in [-0.4, -0.2) is 11.7 Å². The molecule has 0 aliphatic rings. The molecule has 0 unspecified atom stereocenters. The van der Waals surface area contributed by atoms with Gasteiger partial charge in [-0.25, -0.2) is 0 Å². The van der Waals surface area contributed by atoms with E-state index in [-0.39, 0.29) is 6.61 Å². The smallest absolute Gasteiger partial charge is 0.120 e. The van der Waals surface area contributed by atoms with E-state index in [0.717, 1.165) is 41.7 Å². The predicted molar refractivity (Wildman–Crippen MR) is 102 cm³/mol. The highest BCUT2D eigenvalue weighted by molar-refractivity contribution is 6.34. The van der Waals surface area contributed by atoms with Gasteiger partial charge in [0.1, 0.15) is 12.4 Å². The third-order valence-electron chi connectivity index (χ3n) is 3.67. The molecule has 0 aromatic heterocycles. The average Bonchev–Trinajstić information content (AvgIpc) is 2.56. The van der Waals surface area contributed by atoms with Crippen LogP contribution < -0.4 is 4.74 Å². The molecule has 1 N–H and O–H groups in total. The lowest BCUT2D eigenvalue weighted by atomic mass is 10.00. The minimum absolute atomic E-state index is 0.0468. The zero-order valence-corrected chi connectivity index (χ0v) is 15.3. The molecule has 24 heavy (non-hydrogen) atoms. The van der Waals surface area contributed by atoms with E-state index in [4.69, 9.17) is 27.9 Å². The number of unbranched alkanes of at least 4 members (excludes halogenated alkanes) is 1. The molecule has 0 amide bonds. The van der Waals surface area contributed by atoms with Gasteiger partial charge in [0.25, 0.3) is 0 Å². The highest BCUT2D eigenvalue weighted by atomic mass is 35.5. The molecule has 0 aliphatic heterocycles. The molecule has 0 fully saturated rings. The fourth-order valence-electron chi connectivity index (χ4n) is 2.49. The lowest BCUT2D eigenvalue weighted by Crippen LogP contribution is -1.96. The van der Waals surface area contributed by atoms with Gasteiger partial charge in [-0.2, -0.15) is 0 Å². The second kappa shape index (κ2) is 9.73. The first kappa shape index (κ1) is 18.9. The maximum absolute atomic E-state index is 9.24. The molecule has 128 valence electrons. The molecule has 0 heterocycles. The standard InChI is InChI=1S/C20H22Cl2O2/c1-2-3-5-16(8-9-23)17-6-4-7-20(12-17)24-14-15-10-18(21)13-19(22)11-15/h4,6-8,10-13,23H,2-3,5,9,14H2,1H3/b16-8-. The summed E-state index contributed by atoms with van der Waals surface area (Å²) in [5, 5.41) is 10.4. The molecule has 0 atom stereocenters. The van der Waals surface area contributed by atoms with Crippen molar-refractivity contribution in [1.82, 2.24) is 0 Å². The Balaban J connectivity index is 2.10. The van der Waals surface area contributed by atoms with E-state index in [1.807, 2.05) is 42.5 Å². The van der Waals surface area contributed by atoms with Crippen LogP contribution in [-0.2, 0) is 6.61 Å². The summed E-state index contributed by atoms with van der Waals surface area (Å²) in [6, 6.07) is 13.3. The van der Waals surface area contributed by atoms with Crippen molar-refractivity contribution in [3.05, 3.63) is 69.7 Å². The molecule has 0 bridgehead atoms. The largest absolute Gasteiger partial charge is 0.489 e. The lowest BCUT2D eigenvalue weighted by Gasteiger charge is -2.11. The first-order valence-corrected chi connectivity index (χ1v) is 8.86. The molecule has 0 aliphatic carbocycles. The minimum atomic E-state index is 0.0468. The van der Waals surface area contributed by atoms with E-state index < -0.39 is 0 Å². The number of halogens is 2. The summed E-state index contributed by atoms with van der Waals surface area (Å²) in [5.41, 5.74) is 3.16. The Hall–Kier alpha value is -1.48. The zero-order valence-electron chi connectivity index (χ0n) is 13.8. The third kappa shape index (κ3) is 5.86. The first-order valence-electron chi connectivity index (χ1n) is 8.10. The van der Waals surface area contributed by atoms with Gasteiger partial charge in [0, 0.05) is 10.0 Å². The van der Waals surface area contributed by atoms with Crippen molar-refractivity contribution in [2.24, 2.45) is 0 Å². The van der Waals surface area contributed by atoms with Gasteiger partial charge in [0.2, 0.25) is 0 Å². The van der Waals surface area contributed by atoms with Crippen LogP contribution >= 0.6 is 23.2 Å². The zero-order chi connectivity index (χ0) is 17.4. The van der Waals surface area contributed by atoms with Gasteiger partial charge in [0.15, 0.2) is 0 Å². The normalized spacial score (nSPS) is 11.6. The Morgan fingerprint density at radius 3 is 2.54 bits per heavy atom. The van der Waals surface area contributed by atoms with Crippen molar-refractivity contribution < 1.29 is 9.84 Å². The number of benzene rings is 2. The SMILES string of the molecule is CCCC/C(=C/CO)c1cccc(OCc2cc(Cl)cc(Cl)c2)c1. The first-order chi connectivity index (χ1) is 11.6. The van der Waals surface area contributed by atoms with E-state index in [0.29, 0.717) is 16.7 Å². The summed E-state index contributed by atoms with van der Waals surface area (Å²) in [6.45, 7) is 2.61. The van der Waals surface area contributed by atoms with Crippen molar-refractivity contribution in [3.63, 3.8) is 0 Å². The van der Waals surface area contributed by atoms with Gasteiger partial charge in [-0.05, 0) is 59.9 Å². The summed E-state index contributed by atoms with van der Waals surface area (Å²) < 4.78 is 5.87. The maximum atomic E-state index is 9.24. The molecule has 4 heteroatoms. The van der Waals surface area contributed by atoms with Crippen LogP contribution in [0.3, 0.4) is 0 Å². The van der Waals surface area contributed by atoms with Gasteiger partial charge in [-0.3, -0.25) is 0 Å². The second-order valence-corrected chi connectivity index (χ2v) is 6.48. The summed E-state index contributed by atoms with van der Waals surface area (Å²) in [7, 11) is 0. The highest BCUT2D eigenvalue weighted by Crippen LogP contribution is 2.26. The molecule has 2 rings (SSSR count). The molecule has 0 radical (unpaired) electrons. The van der Waals surface area contributed by atoms with Crippen molar-refractivity contribution in [3.8, 4) is 5.75 Å². The Morgan fingerprint density at radius 1 is 1.12 bits per heavy atom. The van der Waals surface area contributed by atoms with Crippen LogP contribution in [0.1, 0.15) is 37.3 Å². The monoisotopic (exact) mass is 364 g/mol. The van der Waals surface area contributed by atoms with Crippen molar-refractivity contribution >= 4 is 28.8 Å². The maximum Gasteiger partial charge on any atom is 0.120 e. The molecule has 0 saturated carbocycles. The van der Waals surface area contributed by atoms with Crippen LogP contribution in [0.25, 0.3) is 5.57 Å². The van der Waals surface area contributed by atoms with E-state index in [1.165, 1.54) is 0 Å². The van der Waals surface area contributed by atoms with Gasteiger partial charge in [0.05, 0.1) is 6.61 Å². The topological polar surface area (TPSA) is 29.5 Å². The molecular weight excluding hydrogens is 343 g/mol. The van der Waals surface area contributed by atoms with Gasteiger partial charge >= 0.3 is 0 Å². The fourth-order valence-corrected chi connectivity index (χ4v) is 3.06. The van der Waals surface area contributed by atoms with Crippen LogP contribution in [0.2, 0.25) is 10.0 Å². The number of rotatable bonds is 8. The van der Waals surface area contributed by atoms with Crippen LogP contribution in [0.15, 0.2) is 48.5 Å². The van der Waals surface area contributed by atoms with Crippen molar-refractivity contribution in [2.75, 3.05) is 6.61 Å². The van der Waals surface area contributed by atoms with E-state index >= 15 is 0 Å². The number of hydrogen-bond donors (Lipinski definition) is 1. The molecule has 0 spiro atoms. The number of ether oxygens (including phenoxy) is 1. The Bertz CT molecular complexity index is 676. The van der Waals surface area contributed by atoms with E-state index in [2.05, 4.69) is 6.92 Å². The van der Waals surface area contributed by atoms with Crippen LogP contribution in [0.4, 0.5) is 0 Å². The molecule has 2 aromatic carbocycles. The lowest BCUT2D eigenvalue weighted by molar-refractivity contribution is 0.306. The number of aliphatic hydroxyl groups excluding tert-OH is 1. The Morgan fingerprint density at radius 2 is 1.88 bits per heavy atom. The minimum Gasteiger partial charge on any atom is -0.489 e. The summed E-state index contributed by atoms with van der Waals surface area (Å²) in [6.07, 6.45) is 5.03. The molecule has 2 aromatic rings. The Labute approximate surface area is 153 Å². The number of aliphatic hydroxyl groups is 1. The summed E-state index contributed by atoms with van der Waals surface area (Å²) in [5.74, 6) is 0.781. The van der Waals surface area contributed by atoms with Gasteiger partial charge in [-0.1, -0.05) is 54.8 Å². The average molecular weight is 365 g/mol. The quantitative estimate of drug-likeness (QED) is 0.609. The summed E-state index contributed by atoms with van der Waals surface area (Å²) >= 11 is 12.0. The predicted octanol–water partition coefficient (Wildman–Crippen LogP) is 6.14. The van der Waals surface area contributed by atoms with Crippen LogP contribution in [0, 0.1) is 0 Å². The molecule has 0 saturated heterocycles. The Kier molecular flexibility index (Phi) is 7.64. The van der Waals surface area contributed by atoms with Crippen molar-refractivity contribution in [1.29, 1.82) is 0 Å².